The van der Waals surface area contributed by atoms with Crippen LogP contribution in [0.25, 0.3) is 0 Å². The molecule has 0 amide bonds. The number of sulfone groups is 1. The van der Waals surface area contributed by atoms with Crippen molar-refractivity contribution in [1.82, 2.24) is 4.90 Å². The van der Waals surface area contributed by atoms with E-state index in [1.807, 2.05) is 18.2 Å². The number of carbonyl (C=O) groups excluding carboxylic acids is 1. The predicted molar refractivity (Wildman–Crippen MR) is 76.0 cm³/mol. The third-order valence-electron chi connectivity index (χ3n) is 3.44. The molecule has 5 nitrogen and oxygen atoms in total. The summed E-state index contributed by atoms with van der Waals surface area (Å²) in [5.74, 6) is -2.04. The van der Waals surface area contributed by atoms with Crippen molar-refractivity contribution in [2.75, 3.05) is 25.4 Å². The van der Waals surface area contributed by atoms with Gasteiger partial charge in [-0.05, 0) is 11.5 Å². The highest BCUT2D eigenvalue weighted by Crippen LogP contribution is 2.28. The van der Waals surface area contributed by atoms with Crippen LogP contribution in [-0.2, 0) is 26.0 Å². The van der Waals surface area contributed by atoms with Gasteiger partial charge in [-0.3, -0.25) is 9.69 Å². The zero-order chi connectivity index (χ0) is 17.1. The maximum absolute atomic E-state index is 12.2. The van der Waals surface area contributed by atoms with Crippen molar-refractivity contribution in [1.29, 1.82) is 0 Å². The summed E-state index contributed by atoms with van der Waals surface area (Å²) in [6.45, 7) is 0.334. The largest absolute Gasteiger partial charge is 0.497 e. The summed E-state index contributed by atoms with van der Waals surface area (Å²) in [6.07, 6.45) is 0. The maximum atomic E-state index is 12.2. The van der Waals surface area contributed by atoms with Crippen LogP contribution in [0.5, 0.6) is 0 Å². The van der Waals surface area contributed by atoms with Crippen LogP contribution in [0, 0.1) is 5.92 Å². The lowest BCUT2D eigenvalue weighted by Gasteiger charge is -2.38. The van der Waals surface area contributed by atoms with Crippen molar-refractivity contribution >= 4 is 15.8 Å². The van der Waals surface area contributed by atoms with Gasteiger partial charge in [0, 0.05) is 13.1 Å². The van der Waals surface area contributed by atoms with Gasteiger partial charge in [0.15, 0.2) is 0 Å². The number of rotatable bonds is 6. The first-order valence-corrected chi connectivity index (χ1v) is 8.53. The first-order chi connectivity index (χ1) is 10.7. The summed E-state index contributed by atoms with van der Waals surface area (Å²) in [6, 6.07) is 9.05. The third kappa shape index (κ3) is 4.93. The zero-order valence-corrected chi connectivity index (χ0v) is 12.9. The molecule has 23 heavy (non-hydrogen) atoms. The fourth-order valence-corrected chi connectivity index (χ4v) is 3.30. The van der Waals surface area contributed by atoms with Crippen LogP contribution in [0.1, 0.15) is 5.56 Å². The normalized spacial score (nSPS) is 16.8. The molecule has 9 heteroatoms. The molecular formula is C14H16F3NO4S. The Morgan fingerprint density at radius 1 is 1.22 bits per heavy atom. The van der Waals surface area contributed by atoms with E-state index in [9.17, 15) is 26.4 Å². The summed E-state index contributed by atoms with van der Waals surface area (Å²) in [5.41, 5.74) is -4.39. The highest BCUT2D eigenvalue weighted by atomic mass is 32.2. The third-order valence-corrected chi connectivity index (χ3v) is 5.05. The average Bonchev–Trinajstić information content (AvgIpc) is 2.42. The molecule has 1 aromatic carbocycles. The Morgan fingerprint density at radius 2 is 1.83 bits per heavy atom. The van der Waals surface area contributed by atoms with Crippen molar-refractivity contribution in [3.8, 4) is 0 Å². The number of hydrogen-bond acceptors (Lipinski definition) is 5. The van der Waals surface area contributed by atoms with Crippen molar-refractivity contribution in [2.45, 2.75) is 12.1 Å². The van der Waals surface area contributed by atoms with Gasteiger partial charge in [-0.25, -0.2) is 8.42 Å². The van der Waals surface area contributed by atoms with Crippen molar-refractivity contribution in [3.63, 3.8) is 0 Å². The van der Waals surface area contributed by atoms with Gasteiger partial charge < -0.3 is 4.74 Å². The molecule has 0 radical (unpaired) electrons. The minimum absolute atomic E-state index is 0.0601. The van der Waals surface area contributed by atoms with Gasteiger partial charge in [-0.2, -0.15) is 13.2 Å². The first-order valence-electron chi connectivity index (χ1n) is 6.88. The highest BCUT2D eigenvalue weighted by Gasteiger charge is 2.48. The quantitative estimate of drug-likeness (QED) is 0.729. The lowest BCUT2D eigenvalue weighted by molar-refractivity contribution is -0.147. The molecule has 1 aliphatic rings. The highest BCUT2D eigenvalue weighted by molar-refractivity contribution is 7.92. The maximum Gasteiger partial charge on any atom is 0.497 e. The molecule has 0 unspecified atom stereocenters. The van der Waals surface area contributed by atoms with E-state index in [4.69, 9.17) is 4.74 Å². The molecule has 1 heterocycles. The van der Waals surface area contributed by atoms with E-state index >= 15 is 0 Å². The van der Waals surface area contributed by atoms with Gasteiger partial charge in [0.05, 0.1) is 12.3 Å². The van der Waals surface area contributed by atoms with E-state index in [-0.39, 0.29) is 26.2 Å². The average molecular weight is 351 g/mol. The van der Waals surface area contributed by atoms with Crippen LogP contribution in [0.15, 0.2) is 30.3 Å². The van der Waals surface area contributed by atoms with Crippen LogP contribution in [-0.4, -0.2) is 50.2 Å². The number of benzene rings is 1. The molecule has 2 rings (SSSR count). The fraction of sp³-hybridized carbons (Fsp3) is 0.500. The minimum atomic E-state index is -5.22. The Balaban J connectivity index is 1.69. The number of carbonyl (C=O) groups is 1. The van der Waals surface area contributed by atoms with Crippen LogP contribution < -0.4 is 0 Å². The molecule has 0 N–H and O–H groups in total. The van der Waals surface area contributed by atoms with Crippen LogP contribution in [0.3, 0.4) is 0 Å². The van der Waals surface area contributed by atoms with Crippen LogP contribution in [0.4, 0.5) is 13.2 Å². The Labute approximate surface area is 132 Å². The second-order valence-electron chi connectivity index (χ2n) is 5.43. The molecule has 0 bridgehead atoms. The summed E-state index contributed by atoms with van der Waals surface area (Å²) in [5, 5.41) is 0. The van der Waals surface area contributed by atoms with Gasteiger partial charge in [0.2, 0.25) is 9.84 Å². The molecule has 1 saturated heterocycles. The molecular weight excluding hydrogens is 335 g/mol. The minimum Gasteiger partial charge on any atom is -0.460 e. The summed E-state index contributed by atoms with van der Waals surface area (Å²) in [4.78, 5) is 13.2. The lowest BCUT2D eigenvalue weighted by Crippen LogP contribution is -2.52. The molecule has 0 saturated carbocycles. The van der Waals surface area contributed by atoms with Gasteiger partial charge in [0.25, 0.3) is 0 Å². The Bertz CT molecular complexity index is 640. The second-order valence-corrected chi connectivity index (χ2v) is 7.46. The lowest BCUT2D eigenvalue weighted by atomic mass is 10.0. The van der Waals surface area contributed by atoms with E-state index in [1.165, 1.54) is 0 Å². The molecule has 1 aliphatic heterocycles. The molecule has 1 fully saturated rings. The smallest absolute Gasteiger partial charge is 0.460 e. The monoisotopic (exact) mass is 351 g/mol. The Morgan fingerprint density at radius 3 is 2.39 bits per heavy atom. The van der Waals surface area contributed by atoms with Gasteiger partial charge in [-0.1, -0.05) is 30.3 Å². The molecule has 1 aromatic rings. The Kier molecular flexibility index (Phi) is 5.30. The SMILES string of the molecule is O=C(CN1CC(CS(=O)(=O)C(F)(F)F)C1)OCc1ccccc1. The molecule has 0 aromatic heterocycles. The summed E-state index contributed by atoms with van der Waals surface area (Å²) in [7, 11) is -5.10. The van der Waals surface area contributed by atoms with Gasteiger partial charge >= 0.3 is 11.5 Å². The zero-order valence-electron chi connectivity index (χ0n) is 12.1. The predicted octanol–water partition coefficient (Wildman–Crippen LogP) is 1.60. The van der Waals surface area contributed by atoms with Crippen molar-refractivity contribution in [3.05, 3.63) is 35.9 Å². The van der Waals surface area contributed by atoms with Crippen LogP contribution in [0.2, 0.25) is 0 Å². The first kappa shape index (κ1) is 17.7. The van der Waals surface area contributed by atoms with E-state index in [0.29, 0.717) is 0 Å². The number of ether oxygens (including phenoxy) is 1. The number of esters is 1. The topological polar surface area (TPSA) is 63.7 Å². The van der Waals surface area contributed by atoms with Crippen LogP contribution >= 0.6 is 0 Å². The number of alkyl halides is 3. The van der Waals surface area contributed by atoms with Gasteiger partial charge in [0.1, 0.15) is 6.61 Å². The number of nitrogens with zero attached hydrogens (tertiary/aromatic N) is 1. The number of halogens is 3. The number of hydrogen-bond donors (Lipinski definition) is 0. The summed E-state index contributed by atoms with van der Waals surface area (Å²) >= 11 is 0. The van der Waals surface area contributed by atoms with E-state index in [0.717, 1.165) is 5.56 Å². The second kappa shape index (κ2) is 6.88. The molecule has 128 valence electrons. The Hall–Kier alpha value is -1.61. The molecule has 0 atom stereocenters. The summed E-state index contributed by atoms with van der Waals surface area (Å²) < 4.78 is 63.8. The van der Waals surface area contributed by atoms with E-state index in [2.05, 4.69) is 0 Å². The van der Waals surface area contributed by atoms with Crippen molar-refractivity contribution < 1.29 is 31.1 Å². The van der Waals surface area contributed by atoms with E-state index in [1.54, 1.807) is 17.0 Å². The number of likely N-dealkylation sites (tertiary alicyclic amines) is 1. The standard InChI is InChI=1S/C14H16F3NO4S/c15-14(16,17)23(20,21)10-12-6-18(7-12)8-13(19)22-9-11-4-2-1-3-5-11/h1-5,12H,6-10H2. The van der Waals surface area contributed by atoms with Crippen molar-refractivity contribution in [2.24, 2.45) is 5.92 Å². The van der Waals surface area contributed by atoms with E-state index < -0.39 is 33.0 Å². The molecule has 0 aliphatic carbocycles. The molecule has 0 spiro atoms. The fourth-order valence-electron chi connectivity index (χ4n) is 2.28. The van der Waals surface area contributed by atoms with Gasteiger partial charge in [-0.15, -0.1) is 0 Å².